The molecule has 0 radical (unpaired) electrons. The number of pyridine rings is 1. The highest BCUT2D eigenvalue weighted by Gasteiger charge is 2.13. The molecule has 0 bridgehead atoms. The van der Waals surface area contributed by atoms with Crippen molar-refractivity contribution < 1.29 is 15.1 Å². The summed E-state index contributed by atoms with van der Waals surface area (Å²) in [6, 6.07) is 0.697. The van der Waals surface area contributed by atoms with E-state index in [1.807, 2.05) is 0 Å². The molecule has 16 heavy (non-hydrogen) atoms. The first kappa shape index (κ1) is 12.3. The molecule has 0 amide bonds. The van der Waals surface area contributed by atoms with Gasteiger partial charge in [0.15, 0.2) is 0 Å². The zero-order valence-electron chi connectivity index (χ0n) is 8.75. The molecular weight excluding hydrogens is 214 g/mol. The van der Waals surface area contributed by atoms with Gasteiger partial charge in [-0.2, -0.15) is 0 Å². The van der Waals surface area contributed by atoms with Crippen LogP contribution in [-0.4, -0.2) is 39.4 Å². The Kier molecular flexibility index (Phi) is 4.15. The summed E-state index contributed by atoms with van der Waals surface area (Å²) in [5.74, 6) is 0.255. The molecule has 1 rings (SSSR count). The van der Waals surface area contributed by atoms with E-state index >= 15 is 0 Å². The SMILES string of the molecule is Cc1cnc(NC(CO)CO)cc1[N+](=O)[O-]. The normalized spacial score (nSPS) is 10.5. The third-order valence-electron chi connectivity index (χ3n) is 2.06. The van der Waals surface area contributed by atoms with Crippen LogP contribution in [0.15, 0.2) is 12.3 Å². The second-order valence-corrected chi connectivity index (χ2v) is 3.32. The lowest BCUT2D eigenvalue weighted by Crippen LogP contribution is -2.28. The Hall–Kier alpha value is -1.73. The smallest absolute Gasteiger partial charge is 0.277 e. The van der Waals surface area contributed by atoms with Crippen LogP contribution in [0.4, 0.5) is 11.5 Å². The van der Waals surface area contributed by atoms with Crippen LogP contribution in [0.5, 0.6) is 0 Å². The molecule has 1 aromatic rings. The summed E-state index contributed by atoms with van der Waals surface area (Å²) in [6.07, 6.45) is 1.37. The van der Waals surface area contributed by atoms with Gasteiger partial charge in [-0.3, -0.25) is 10.1 Å². The highest BCUT2D eigenvalue weighted by molar-refractivity contribution is 5.49. The molecule has 7 nitrogen and oxygen atoms in total. The summed E-state index contributed by atoms with van der Waals surface area (Å²) in [6.45, 7) is 1.03. The molecular formula is C9H13N3O4. The molecule has 0 aliphatic carbocycles. The number of hydrogen-bond acceptors (Lipinski definition) is 6. The van der Waals surface area contributed by atoms with E-state index in [0.29, 0.717) is 5.56 Å². The molecule has 0 spiro atoms. The number of aliphatic hydroxyl groups is 2. The first-order valence-corrected chi connectivity index (χ1v) is 4.67. The standard InChI is InChI=1S/C9H13N3O4/c1-6-3-10-9(2-8(6)12(15)16)11-7(4-13)5-14/h2-3,7,13-14H,4-5H2,1H3,(H,10,11). The fraction of sp³-hybridized carbons (Fsp3) is 0.444. The van der Waals surface area contributed by atoms with Crippen LogP contribution in [0.1, 0.15) is 5.56 Å². The minimum atomic E-state index is -0.574. The second kappa shape index (κ2) is 5.38. The lowest BCUT2D eigenvalue weighted by Gasteiger charge is -2.13. The Balaban J connectivity index is 2.90. The maximum absolute atomic E-state index is 10.7. The number of anilines is 1. The van der Waals surface area contributed by atoms with Gasteiger partial charge in [0.05, 0.1) is 30.2 Å². The molecule has 88 valence electrons. The van der Waals surface area contributed by atoms with Gasteiger partial charge in [-0.25, -0.2) is 4.98 Å². The van der Waals surface area contributed by atoms with Gasteiger partial charge < -0.3 is 15.5 Å². The number of aliphatic hydroxyl groups excluding tert-OH is 2. The van der Waals surface area contributed by atoms with Gasteiger partial charge in [-0.15, -0.1) is 0 Å². The molecule has 0 saturated heterocycles. The van der Waals surface area contributed by atoms with E-state index in [0.717, 1.165) is 0 Å². The van der Waals surface area contributed by atoms with Gasteiger partial charge in [0.2, 0.25) is 0 Å². The first-order valence-electron chi connectivity index (χ1n) is 4.67. The van der Waals surface area contributed by atoms with Crippen molar-refractivity contribution in [3.05, 3.63) is 27.9 Å². The Morgan fingerprint density at radius 1 is 1.56 bits per heavy atom. The molecule has 1 aromatic heterocycles. The van der Waals surface area contributed by atoms with Crippen LogP contribution in [0.25, 0.3) is 0 Å². The molecule has 0 fully saturated rings. The Morgan fingerprint density at radius 2 is 2.19 bits per heavy atom. The highest BCUT2D eigenvalue weighted by Crippen LogP contribution is 2.20. The number of hydrogen-bond donors (Lipinski definition) is 3. The minimum absolute atomic E-state index is 0.0490. The average Bonchev–Trinajstić information content (AvgIpc) is 2.27. The van der Waals surface area contributed by atoms with Crippen molar-refractivity contribution in [1.82, 2.24) is 4.98 Å². The number of nitro groups is 1. The second-order valence-electron chi connectivity index (χ2n) is 3.32. The van der Waals surface area contributed by atoms with Crippen LogP contribution in [0.2, 0.25) is 0 Å². The van der Waals surface area contributed by atoms with Crippen molar-refractivity contribution in [3.63, 3.8) is 0 Å². The van der Waals surface area contributed by atoms with Crippen LogP contribution in [-0.2, 0) is 0 Å². The number of nitrogens with zero attached hydrogens (tertiary/aromatic N) is 2. The molecule has 0 atom stereocenters. The lowest BCUT2D eigenvalue weighted by molar-refractivity contribution is -0.385. The predicted molar refractivity (Wildman–Crippen MR) is 57.2 cm³/mol. The molecule has 0 aliphatic heterocycles. The third-order valence-corrected chi connectivity index (χ3v) is 2.06. The van der Waals surface area contributed by atoms with E-state index in [1.165, 1.54) is 12.3 Å². The summed E-state index contributed by atoms with van der Waals surface area (Å²) >= 11 is 0. The largest absolute Gasteiger partial charge is 0.394 e. The van der Waals surface area contributed by atoms with Gasteiger partial charge >= 0.3 is 0 Å². The number of rotatable bonds is 5. The number of aryl methyl sites for hydroxylation is 1. The molecule has 7 heteroatoms. The summed E-state index contributed by atoms with van der Waals surface area (Å²) in [5, 5.41) is 31.0. The van der Waals surface area contributed by atoms with Crippen LogP contribution >= 0.6 is 0 Å². The molecule has 0 aliphatic rings. The van der Waals surface area contributed by atoms with E-state index in [1.54, 1.807) is 6.92 Å². The zero-order chi connectivity index (χ0) is 12.1. The van der Waals surface area contributed by atoms with Crippen LogP contribution < -0.4 is 5.32 Å². The fourth-order valence-corrected chi connectivity index (χ4v) is 1.15. The highest BCUT2D eigenvalue weighted by atomic mass is 16.6. The van der Waals surface area contributed by atoms with Crippen molar-refractivity contribution in [2.24, 2.45) is 0 Å². The Morgan fingerprint density at radius 3 is 2.69 bits per heavy atom. The zero-order valence-corrected chi connectivity index (χ0v) is 8.75. The van der Waals surface area contributed by atoms with Crippen molar-refractivity contribution in [3.8, 4) is 0 Å². The van der Waals surface area contributed by atoms with Crippen molar-refractivity contribution in [2.45, 2.75) is 13.0 Å². The topological polar surface area (TPSA) is 109 Å². The van der Waals surface area contributed by atoms with Crippen LogP contribution in [0.3, 0.4) is 0 Å². The van der Waals surface area contributed by atoms with Gasteiger partial charge in [-0.1, -0.05) is 0 Å². The summed E-state index contributed by atoms with van der Waals surface area (Å²) in [4.78, 5) is 14.1. The van der Waals surface area contributed by atoms with E-state index in [2.05, 4.69) is 10.3 Å². The van der Waals surface area contributed by atoms with Gasteiger partial charge in [0.1, 0.15) is 5.82 Å². The van der Waals surface area contributed by atoms with Gasteiger partial charge in [-0.05, 0) is 6.92 Å². The van der Waals surface area contributed by atoms with Crippen molar-refractivity contribution in [1.29, 1.82) is 0 Å². The summed E-state index contributed by atoms with van der Waals surface area (Å²) in [5.41, 5.74) is 0.409. The fourth-order valence-electron chi connectivity index (χ4n) is 1.15. The lowest BCUT2D eigenvalue weighted by atomic mass is 10.2. The van der Waals surface area contributed by atoms with E-state index in [9.17, 15) is 10.1 Å². The number of aromatic nitrogens is 1. The molecule has 1 heterocycles. The monoisotopic (exact) mass is 227 g/mol. The summed E-state index contributed by atoms with van der Waals surface area (Å²) in [7, 11) is 0. The maximum Gasteiger partial charge on any atom is 0.277 e. The molecule has 0 aromatic carbocycles. The van der Waals surface area contributed by atoms with Crippen molar-refractivity contribution in [2.75, 3.05) is 18.5 Å². The molecule has 0 unspecified atom stereocenters. The predicted octanol–water partition coefficient (Wildman–Crippen LogP) is 0.0633. The minimum Gasteiger partial charge on any atom is -0.394 e. The van der Waals surface area contributed by atoms with Crippen molar-refractivity contribution >= 4 is 11.5 Å². The third kappa shape index (κ3) is 2.88. The van der Waals surface area contributed by atoms with Crippen LogP contribution in [0, 0.1) is 17.0 Å². The van der Waals surface area contributed by atoms with Gasteiger partial charge in [0, 0.05) is 11.8 Å². The summed E-state index contributed by atoms with van der Waals surface area (Å²) < 4.78 is 0. The van der Waals surface area contributed by atoms with Gasteiger partial charge in [0.25, 0.3) is 5.69 Å². The Labute approximate surface area is 91.9 Å². The number of nitrogens with one attached hydrogen (secondary N) is 1. The molecule has 0 saturated carbocycles. The van der Waals surface area contributed by atoms with E-state index in [-0.39, 0.29) is 24.7 Å². The van der Waals surface area contributed by atoms with E-state index < -0.39 is 11.0 Å². The van der Waals surface area contributed by atoms with E-state index in [4.69, 9.17) is 10.2 Å². The maximum atomic E-state index is 10.7. The quantitative estimate of drug-likeness (QED) is 0.485. The first-order chi connectivity index (χ1) is 7.58. The Bertz CT molecular complexity index is 379. The average molecular weight is 227 g/mol. The molecule has 3 N–H and O–H groups in total.